The molecule has 0 spiro atoms. The van der Waals surface area contributed by atoms with Crippen LogP contribution in [0.15, 0.2) is 70.3 Å². The van der Waals surface area contributed by atoms with Crippen molar-refractivity contribution in [3.05, 3.63) is 89.0 Å². The molecule has 0 atom stereocenters. The minimum absolute atomic E-state index is 0.238. The Bertz CT molecular complexity index is 1470. The monoisotopic (exact) mass is 468 g/mol. The Morgan fingerprint density at radius 1 is 1.03 bits per heavy atom. The molecule has 176 valence electrons. The molecule has 0 unspecified atom stereocenters. The molecule has 2 N–H and O–H groups in total. The number of nitrogens with one attached hydrogen (secondary N) is 2. The third-order valence-corrected chi connectivity index (χ3v) is 6.07. The van der Waals surface area contributed by atoms with Gasteiger partial charge in [0.05, 0.1) is 29.6 Å². The number of benzene rings is 2. The molecule has 2 aromatic carbocycles. The van der Waals surface area contributed by atoms with Gasteiger partial charge in [-0.25, -0.2) is 5.43 Å². The lowest BCUT2D eigenvalue weighted by Crippen LogP contribution is -2.22. The van der Waals surface area contributed by atoms with Crippen LogP contribution < -0.4 is 15.5 Å². The molecule has 8 nitrogen and oxygen atoms in total. The van der Waals surface area contributed by atoms with Gasteiger partial charge in [-0.1, -0.05) is 18.2 Å². The molecule has 0 fully saturated rings. The third-order valence-electron chi connectivity index (χ3n) is 6.07. The van der Waals surface area contributed by atoms with Gasteiger partial charge < -0.3 is 14.5 Å². The fourth-order valence-electron chi connectivity index (χ4n) is 4.40. The minimum Gasteiger partial charge on any atom is -0.496 e. The highest BCUT2D eigenvalue weighted by Gasteiger charge is 2.28. The second-order valence-corrected chi connectivity index (χ2v) is 8.24. The summed E-state index contributed by atoms with van der Waals surface area (Å²) in [5.41, 5.74) is 6.63. The summed E-state index contributed by atoms with van der Waals surface area (Å²) in [5, 5.41) is 8.20. The fourth-order valence-corrected chi connectivity index (χ4v) is 4.40. The summed E-state index contributed by atoms with van der Waals surface area (Å²) in [7, 11) is 1.52. The van der Waals surface area contributed by atoms with Crippen LogP contribution in [0.1, 0.15) is 50.6 Å². The normalized spacial score (nSPS) is 13.9. The molecule has 0 bridgehead atoms. The standard InChI is InChI=1S/C27H24N4O4/c1-16-24-21(30-31-26(32)18-8-3-4-13-22(18)34-2)12-6-14-23(24)35-25(16)27(33)29-20-11-5-10-19-17(20)9-7-15-28-19/h3-5,7-11,13,15H,6,12,14H2,1-2H3,(H,29,33)(H,31,32)/b30-21+. The van der Waals surface area contributed by atoms with E-state index >= 15 is 0 Å². The first kappa shape index (κ1) is 22.3. The molecule has 0 radical (unpaired) electrons. The molecule has 2 heterocycles. The maximum atomic E-state index is 13.2. The number of anilines is 1. The molecule has 35 heavy (non-hydrogen) atoms. The number of hydrazone groups is 1. The van der Waals surface area contributed by atoms with Crippen molar-refractivity contribution in [1.29, 1.82) is 0 Å². The van der Waals surface area contributed by atoms with Crippen LogP contribution in [0.5, 0.6) is 5.75 Å². The lowest BCUT2D eigenvalue weighted by Gasteiger charge is -2.14. The van der Waals surface area contributed by atoms with E-state index in [2.05, 4.69) is 20.8 Å². The van der Waals surface area contributed by atoms with Crippen LogP contribution in [0.3, 0.4) is 0 Å². The molecule has 1 aliphatic rings. The molecule has 0 saturated heterocycles. The predicted molar refractivity (Wildman–Crippen MR) is 133 cm³/mol. The summed E-state index contributed by atoms with van der Waals surface area (Å²) < 4.78 is 11.3. The maximum Gasteiger partial charge on any atom is 0.291 e. The number of fused-ring (bicyclic) bond motifs is 2. The predicted octanol–water partition coefficient (Wildman–Crippen LogP) is 4.87. The number of hydrogen-bond donors (Lipinski definition) is 2. The number of ether oxygens (including phenoxy) is 1. The van der Waals surface area contributed by atoms with Crippen LogP contribution in [0.2, 0.25) is 0 Å². The number of aryl methyl sites for hydroxylation is 1. The van der Waals surface area contributed by atoms with E-state index in [1.54, 1.807) is 30.5 Å². The number of methoxy groups -OCH3 is 1. The zero-order valence-electron chi connectivity index (χ0n) is 19.4. The average molecular weight is 469 g/mol. The Morgan fingerprint density at radius 3 is 2.74 bits per heavy atom. The van der Waals surface area contributed by atoms with E-state index in [0.29, 0.717) is 46.9 Å². The number of carbonyl (C=O) groups excluding carboxylic acids is 2. The van der Waals surface area contributed by atoms with Crippen molar-refractivity contribution in [2.24, 2.45) is 5.10 Å². The molecule has 1 aliphatic carbocycles. The number of amides is 2. The maximum absolute atomic E-state index is 13.2. The number of hydrogen-bond acceptors (Lipinski definition) is 6. The molecule has 5 rings (SSSR count). The largest absolute Gasteiger partial charge is 0.496 e. The van der Waals surface area contributed by atoms with Crippen molar-refractivity contribution in [2.45, 2.75) is 26.2 Å². The molecule has 0 aliphatic heterocycles. The van der Waals surface area contributed by atoms with Gasteiger partial charge in [-0.05, 0) is 56.2 Å². The minimum atomic E-state index is -0.370. The van der Waals surface area contributed by atoms with Crippen molar-refractivity contribution < 1.29 is 18.7 Å². The first-order valence-electron chi connectivity index (χ1n) is 11.3. The zero-order chi connectivity index (χ0) is 24.4. The first-order chi connectivity index (χ1) is 17.1. The molecule has 8 heteroatoms. The third kappa shape index (κ3) is 4.26. The van der Waals surface area contributed by atoms with Gasteiger partial charge in [-0.15, -0.1) is 0 Å². The number of rotatable bonds is 5. The Morgan fingerprint density at radius 2 is 1.89 bits per heavy atom. The van der Waals surface area contributed by atoms with Crippen LogP contribution >= 0.6 is 0 Å². The number of nitrogens with zero attached hydrogens (tertiary/aromatic N) is 2. The van der Waals surface area contributed by atoms with Gasteiger partial charge in [0.1, 0.15) is 11.5 Å². The van der Waals surface area contributed by atoms with Crippen molar-refractivity contribution in [3.8, 4) is 5.75 Å². The fraction of sp³-hybridized carbons (Fsp3) is 0.185. The van der Waals surface area contributed by atoms with Gasteiger partial charge in [0, 0.05) is 29.1 Å². The SMILES string of the molecule is COc1ccccc1C(=O)N/N=C1\CCCc2oc(C(=O)Nc3cccc4ncccc34)c(C)c21. The lowest BCUT2D eigenvalue weighted by molar-refractivity contribution is 0.0950. The van der Waals surface area contributed by atoms with E-state index in [0.717, 1.165) is 22.9 Å². The first-order valence-corrected chi connectivity index (χ1v) is 11.3. The lowest BCUT2D eigenvalue weighted by atomic mass is 9.93. The highest BCUT2D eigenvalue weighted by atomic mass is 16.5. The van der Waals surface area contributed by atoms with Crippen molar-refractivity contribution in [3.63, 3.8) is 0 Å². The van der Waals surface area contributed by atoms with Crippen LogP contribution in [0, 0.1) is 6.92 Å². The number of aromatic nitrogens is 1. The molecule has 0 saturated carbocycles. The van der Waals surface area contributed by atoms with E-state index in [9.17, 15) is 9.59 Å². The number of carbonyl (C=O) groups is 2. The van der Waals surface area contributed by atoms with E-state index in [1.165, 1.54) is 7.11 Å². The summed E-state index contributed by atoms with van der Waals surface area (Å²) in [6, 6.07) is 16.3. The average Bonchev–Trinajstić information content (AvgIpc) is 3.24. The van der Waals surface area contributed by atoms with Crippen LogP contribution in [-0.2, 0) is 6.42 Å². The van der Waals surface area contributed by atoms with Crippen molar-refractivity contribution in [1.82, 2.24) is 10.4 Å². The Hall–Kier alpha value is -4.46. The number of pyridine rings is 1. The summed E-state index contributed by atoms with van der Waals surface area (Å²) in [6.45, 7) is 1.84. The van der Waals surface area contributed by atoms with E-state index in [1.807, 2.05) is 37.3 Å². The van der Waals surface area contributed by atoms with Gasteiger partial charge in [0.2, 0.25) is 0 Å². The Balaban J connectivity index is 1.41. The molecular weight excluding hydrogens is 444 g/mol. The van der Waals surface area contributed by atoms with Gasteiger partial charge >= 0.3 is 0 Å². The number of para-hydroxylation sites is 1. The van der Waals surface area contributed by atoms with E-state index < -0.39 is 0 Å². The second kappa shape index (κ2) is 9.42. The Labute approximate surface area is 202 Å². The summed E-state index contributed by atoms with van der Waals surface area (Å²) in [4.78, 5) is 30.2. The zero-order valence-corrected chi connectivity index (χ0v) is 19.4. The van der Waals surface area contributed by atoms with Gasteiger partial charge in [-0.3, -0.25) is 14.6 Å². The smallest absolute Gasteiger partial charge is 0.291 e. The molecule has 2 amide bonds. The highest BCUT2D eigenvalue weighted by molar-refractivity contribution is 6.11. The topological polar surface area (TPSA) is 106 Å². The van der Waals surface area contributed by atoms with Crippen LogP contribution in [0.25, 0.3) is 10.9 Å². The molecule has 4 aromatic rings. The summed E-state index contributed by atoms with van der Waals surface area (Å²) in [6.07, 6.45) is 3.88. The summed E-state index contributed by atoms with van der Waals surface area (Å²) in [5.74, 6) is 0.693. The molecular formula is C27H24N4O4. The van der Waals surface area contributed by atoms with Crippen molar-refractivity contribution >= 4 is 34.1 Å². The van der Waals surface area contributed by atoms with Crippen molar-refractivity contribution in [2.75, 3.05) is 12.4 Å². The Kier molecular flexibility index (Phi) is 6.01. The highest BCUT2D eigenvalue weighted by Crippen LogP contribution is 2.31. The van der Waals surface area contributed by atoms with Crippen LogP contribution in [-0.4, -0.2) is 29.6 Å². The number of furan rings is 1. The second-order valence-electron chi connectivity index (χ2n) is 8.24. The van der Waals surface area contributed by atoms with Gasteiger partial charge in [0.25, 0.3) is 11.8 Å². The van der Waals surface area contributed by atoms with E-state index in [4.69, 9.17) is 9.15 Å². The van der Waals surface area contributed by atoms with Gasteiger partial charge in [-0.2, -0.15) is 5.10 Å². The van der Waals surface area contributed by atoms with Gasteiger partial charge in [0.15, 0.2) is 5.76 Å². The molecule has 2 aromatic heterocycles. The van der Waals surface area contributed by atoms with E-state index in [-0.39, 0.29) is 17.6 Å². The summed E-state index contributed by atoms with van der Waals surface area (Å²) >= 11 is 0. The van der Waals surface area contributed by atoms with Crippen LogP contribution in [0.4, 0.5) is 5.69 Å². The quantitative estimate of drug-likeness (QED) is 0.407.